The number of aliphatic imine (C=N–C) groups is 1. The Labute approximate surface area is 236 Å². The zero-order valence-corrected chi connectivity index (χ0v) is 22.9. The molecule has 1 heterocycles. The van der Waals surface area contributed by atoms with Crippen LogP contribution in [0.3, 0.4) is 0 Å². The van der Waals surface area contributed by atoms with Crippen molar-refractivity contribution >= 4 is 51.9 Å². The van der Waals surface area contributed by atoms with Crippen LogP contribution >= 0.6 is 23.4 Å². The monoisotopic (exact) mass is 556 g/mol. The molecule has 1 fully saturated rings. The van der Waals surface area contributed by atoms with Crippen LogP contribution in [0.5, 0.6) is 17.2 Å². The first-order valence-corrected chi connectivity index (χ1v) is 13.3. The van der Waals surface area contributed by atoms with Crippen molar-refractivity contribution in [1.29, 1.82) is 0 Å². The molecule has 1 aliphatic rings. The summed E-state index contributed by atoms with van der Waals surface area (Å²) in [5.41, 5.74) is 3.11. The van der Waals surface area contributed by atoms with Gasteiger partial charge < -0.3 is 14.2 Å². The highest BCUT2D eigenvalue weighted by atomic mass is 35.5. The van der Waals surface area contributed by atoms with Crippen molar-refractivity contribution in [3.05, 3.63) is 118 Å². The van der Waals surface area contributed by atoms with Gasteiger partial charge >= 0.3 is 0 Å². The van der Waals surface area contributed by atoms with Crippen molar-refractivity contribution in [2.24, 2.45) is 4.99 Å². The Morgan fingerprint density at radius 3 is 2.21 bits per heavy atom. The Hall–Kier alpha value is -4.20. The number of ether oxygens (including phenoxy) is 3. The lowest BCUT2D eigenvalue weighted by molar-refractivity contribution is -0.113. The lowest BCUT2D eigenvalue weighted by Crippen LogP contribution is -2.28. The number of carbonyl (C=O) groups is 1. The van der Waals surface area contributed by atoms with E-state index in [2.05, 4.69) is 0 Å². The second-order valence-corrected chi connectivity index (χ2v) is 9.94. The zero-order chi connectivity index (χ0) is 27.2. The molecule has 0 aromatic heterocycles. The summed E-state index contributed by atoms with van der Waals surface area (Å²) in [6.45, 7) is 0.391. The third-order valence-electron chi connectivity index (χ3n) is 5.93. The van der Waals surface area contributed by atoms with E-state index in [4.69, 9.17) is 30.8 Å². The topological polar surface area (TPSA) is 60.4 Å². The summed E-state index contributed by atoms with van der Waals surface area (Å²) >= 11 is 7.62. The van der Waals surface area contributed by atoms with Crippen molar-refractivity contribution in [3.63, 3.8) is 0 Å². The number of benzene rings is 4. The molecule has 1 aliphatic heterocycles. The fourth-order valence-corrected chi connectivity index (χ4v) is 5.09. The second kappa shape index (κ2) is 12.1. The van der Waals surface area contributed by atoms with Gasteiger partial charge in [0.1, 0.15) is 23.9 Å². The maximum atomic E-state index is 13.8. The van der Waals surface area contributed by atoms with Gasteiger partial charge in [-0.25, -0.2) is 4.99 Å². The lowest BCUT2D eigenvalue weighted by Gasteiger charge is -2.16. The van der Waals surface area contributed by atoms with Crippen molar-refractivity contribution in [3.8, 4) is 17.2 Å². The maximum absolute atomic E-state index is 13.8. The van der Waals surface area contributed by atoms with Crippen LogP contribution in [0.4, 0.5) is 11.4 Å². The summed E-state index contributed by atoms with van der Waals surface area (Å²) in [5.74, 6) is 1.85. The highest BCUT2D eigenvalue weighted by Crippen LogP contribution is 2.39. The van der Waals surface area contributed by atoms with Crippen molar-refractivity contribution in [2.75, 3.05) is 19.1 Å². The number of hydrogen-bond donors (Lipinski definition) is 0. The SMILES string of the molecule is COc1ccc(N=C2S/C(=C\c3cc(Cl)ccc3OCc3ccccc3)C(=O)N2c2ccc(OC)cc2)cc1. The molecule has 4 aromatic carbocycles. The maximum Gasteiger partial charge on any atom is 0.271 e. The average molecular weight is 557 g/mol. The van der Waals surface area contributed by atoms with E-state index in [1.807, 2.05) is 84.9 Å². The van der Waals surface area contributed by atoms with E-state index >= 15 is 0 Å². The third-order valence-corrected chi connectivity index (χ3v) is 7.13. The molecule has 4 aromatic rings. The number of thioether (sulfide) groups is 1. The molecule has 0 aliphatic carbocycles. The Balaban J connectivity index is 1.51. The van der Waals surface area contributed by atoms with Crippen LogP contribution in [0, 0.1) is 0 Å². The number of hydrogen-bond acceptors (Lipinski definition) is 6. The van der Waals surface area contributed by atoms with Crippen LogP contribution in [-0.2, 0) is 11.4 Å². The van der Waals surface area contributed by atoms with Gasteiger partial charge in [0.25, 0.3) is 5.91 Å². The van der Waals surface area contributed by atoms with E-state index in [1.165, 1.54) is 11.8 Å². The van der Waals surface area contributed by atoms with Crippen LogP contribution in [0.25, 0.3) is 6.08 Å². The Bertz CT molecular complexity index is 1520. The highest BCUT2D eigenvalue weighted by molar-refractivity contribution is 8.19. The molecule has 39 heavy (non-hydrogen) atoms. The molecule has 5 rings (SSSR count). The Morgan fingerprint density at radius 2 is 1.54 bits per heavy atom. The predicted molar refractivity (Wildman–Crippen MR) is 158 cm³/mol. The molecular formula is C31H25ClN2O4S. The lowest BCUT2D eigenvalue weighted by atomic mass is 10.1. The summed E-state index contributed by atoms with van der Waals surface area (Å²) in [5, 5.41) is 1.07. The highest BCUT2D eigenvalue weighted by Gasteiger charge is 2.35. The molecule has 0 unspecified atom stereocenters. The Morgan fingerprint density at radius 1 is 0.872 bits per heavy atom. The standard InChI is InChI=1S/C31H25ClN2O4S/c1-36-26-13-9-24(10-14-26)33-31-34(25-11-15-27(37-2)16-12-25)30(35)29(39-31)19-22-18-23(32)8-17-28(22)38-20-21-6-4-3-5-7-21/h3-19H,20H2,1-2H3/b29-19-,33-31?. The molecule has 1 amide bonds. The predicted octanol–water partition coefficient (Wildman–Crippen LogP) is 7.74. The fourth-order valence-electron chi connectivity index (χ4n) is 3.92. The first kappa shape index (κ1) is 26.4. The first-order chi connectivity index (χ1) is 19.0. The molecular weight excluding hydrogens is 532 g/mol. The second-order valence-electron chi connectivity index (χ2n) is 8.50. The summed E-state index contributed by atoms with van der Waals surface area (Å²) in [7, 11) is 3.22. The summed E-state index contributed by atoms with van der Waals surface area (Å²) < 4.78 is 16.7. The summed E-state index contributed by atoms with van der Waals surface area (Å²) in [6.07, 6.45) is 1.80. The van der Waals surface area contributed by atoms with Crippen molar-refractivity contribution in [1.82, 2.24) is 0 Å². The van der Waals surface area contributed by atoms with E-state index in [0.29, 0.717) is 50.1 Å². The van der Waals surface area contributed by atoms with E-state index in [-0.39, 0.29) is 5.91 Å². The smallest absolute Gasteiger partial charge is 0.271 e. The molecule has 0 radical (unpaired) electrons. The molecule has 196 valence electrons. The van der Waals surface area contributed by atoms with Gasteiger partial charge in [0, 0.05) is 10.6 Å². The minimum absolute atomic E-state index is 0.202. The summed E-state index contributed by atoms with van der Waals surface area (Å²) in [6, 6.07) is 29.9. The molecule has 6 nitrogen and oxygen atoms in total. The number of halogens is 1. The number of methoxy groups -OCH3 is 2. The minimum atomic E-state index is -0.202. The molecule has 0 saturated carbocycles. The van der Waals surface area contributed by atoms with Gasteiger partial charge in [0.05, 0.1) is 30.5 Å². The van der Waals surface area contributed by atoms with E-state index in [1.54, 1.807) is 37.3 Å². The fraction of sp³-hybridized carbons (Fsp3) is 0.0968. The molecule has 1 saturated heterocycles. The van der Waals surface area contributed by atoms with E-state index < -0.39 is 0 Å². The number of nitrogens with zero attached hydrogens (tertiary/aromatic N) is 2. The molecule has 8 heteroatoms. The van der Waals surface area contributed by atoms with Crippen LogP contribution in [0.15, 0.2) is 107 Å². The zero-order valence-electron chi connectivity index (χ0n) is 21.3. The van der Waals surface area contributed by atoms with Gasteiger partial charge in [-0.15, -0.1) is 0 Å². The van der Waals surface area contributed by atoms with Gasteiger partial charge in [-0.05, 0) is 90.1 Å². The molecule has 0 atom stereocenters. The van der Waals surface area contributed by atoms with Gasteiger partial charge in [0.15, 0.2) is 5.17 Å². The van der Waals surface area contributed by atoms with E-state index in [9.17, 15) is 4.79 Å². The number of amides is 1. The van der Waals surface area contributed by atoms with Crippen LogP contribution in [0.2, 0.25) is 5.02 Å². The normalized spacial score (nSPS) is 15.2. The van der Waals surface area contributed by atoms with Gasteiger partial charge in [-0.3, -0.25) is 9.69 Å². The number of carbonyl (C=O) groups excluding carboxylic acids is 1. The van der Waals surface area contributed by atoms with Gasteiger partial charge in [0.2, 0.25) is 0 Å². The summed E-state index contributed by atoms with van der Waals surface area (Å²) in [4.78, 5) is 20.6. The quantitative estimate of drug-likeness (QED) is 0.208. The number of rotatable bonds is 8. The molecule has 0 bridgehead atoms. The molecule has 0 spiro atoms. The van der Waals surface area contributed by atoms with Crippen LogP contribution in [-0.4, -0.2) is 25.3 Å². The van der Waals surface area contributed by atoms with Crippen molar-refractivity contribution in [2.45, 2.75) is 6.61 Å². The van der Waals surface area contributed by atoms with E-state index in [0.717, 1.165) is 11.3 Å². The first-order valence-electron chi connectivity index (χ1n) is 12.1. The van der Waals surface area contributed by atoms with Crippen LogP contribution < -0.4 is 19.1 Å². The largest absolute Gasteiger partial charge is 0.497 e. The van der Waals surface area contributed by atoms with Crippen molar-refractivity contribution < 1.29 is 19.0 Å². The molecule has 0 N–H and O–H groups in total. The number of amidine groups is 1. The van der Waals surface area contributed by atoms with Gasteiger partial charge in [-0.2, -0.15) is 0 Å². The van der Waals surface area contributed by atoms with Gasteiger partial charge in [-0.1, -0.05) is 41.9 Å². The third kappa shape index (κ3) is 6.28. The Kier molecular flexibility index (Phi) is 8.20. The number of anilines is 1. The minimum Gasteiger partial charge on any atom is -0.497 e. The van der Waals surface area contributed by atoms with Crippen LogP contribution in [0.1, 0.15) is 11.1 Å². The average Bonchev–Trinajstić information content (AvgIpc) is 3.27.